The van der Waals surface area contributed by atoms with Crippen molar-refractivity contribution in [2.45, 2.75) is 6.42 Å². The van der Waals surface area contributed by atoms with Gasteiger partial charge in [-0.3, -0.25) is 4.79 Å². The highest BCUT2D eigenvalue weighted by Gasteiger charge is 2.12. The summed E-state index contributed by atoms with van der Waals surface area (Å²) in [6.07, 6.45) is 1.70. The van der Waals surface area contributed by atoms with E-state index in [1.54, 1.807) is 24.4 Å². The minimum atomic E-state index is -0.363. The summed E-state index contributed by atoms with van der Waals surface area (Å²) in [5.41, 5.74) is 2.21. The van der Waals surface area contributed by atoms with Gasteiger partial charge in [0, 0.05) is 11.8 Å². The molecule has 28 heavy (non-hydrogen) atoms. The van der Waals surface area contributed by atoms with Gasteiger partial charge in [-0.15, -0.1) is 0 Å². The van der Waals surface area contributed by atoms with Crippen molar-refractivity contribution in [1.82, 2.24) is 4.98 Å². The van der Waals surface area contributed by atoms with Crippen molar-refractivity contribution in [3.63, 3.8) is 0 Å². The Morgan fingerprint density at radius 2 is 1.82 bits per heavy atom. The zero-order valence-corrected chi connectivity index (χ0v) is 14.9. The Labute approximate surface area is 161 Å². The number of nitrogens with zero attached hydrogens (tertiary/aromatic N) is 1. The summed E-state index contributed by atoms with van der Waals surface area (Å²) in [6.45, 7) is 1.08. The highest BCUT2D eigenvalue weighted by atomic mass is 19.1. The van der Waals surface area contributed by atoms with E-state index < -0.39 is 0 Å². The number of aromatic nitrogens is 1. The van der Waals surface area contributed by atoms with Crippen LogP contribution in [0.2, 0.25) is 0 Å². The third kappa shape index (κ3) is 4.37. The van der Waals surface area contributed by atoms with Gasteiger partial charge in [-0.25, -0.2) is 9.37 Å². The molecule has 7 heteroatoms. The molecule has 0 radical (unpaired) electrons. The lowest BCUT2D eigenvalue weighted by atomic mass is 10.1. The number of nitrogens with one attached hydrogen (secondary N) is 2. The summed E-state index contributed by atoms with van der Waals surface area (Å²) in [6, 6.07) is 15.1. The van der Waals surface area contributed by atoms with Crippen molar-refractivity contribution in [3.8, 4) is 11.5 Å². The minimum absolute atomic E-state index is 0.0800. The van der Waals surface area contributed by atoms with Crippen LogP contribution in [0.15, 0.2) is 60.8 Å². The molecule has 1 aliphatic heterocycles. The number of hydrogen-bond acceptors (Lipinski definition) is 5. The fraction of sp³-hybridized carbons (Fsp3) is 0.143. The number of hydrogen-bond donors (Lipinski definition) is 2. The van der Waals surface area contributed by atoms with Crippen LogP contribution in [-0.2, 0) is 11.2 Å². The number of pyridine rings is 1. The molecule has 2 aromatic carbocycles. The molecule has 0 spiro atoms. The number of fused-ring (bicyclic) bond motifs is 1. The molecular formula is C21H18FN3O3. The highest BCUT2D eigenvalue weighted by molar-refractivity contribution is 5.91. The molecule has 0 aliphatic carbocycles. The van der Waals surface area contributed by atoms with Crippen LogP contribution in [0.3, 0.4) is 0 Å². The number of carbonyl (C=O) groups excluding carboxylic acids is 1. The van der Waals surface area contributed by atoms with Crippen LogP contribution in [0, 0.1) is 5.82 Å². The molecule has 142 valence electrons. The van der Waals surface area contributed by atoms with Crippen LogP contribution in [0.1, 0.15) is 5.56 Å². The predicted octanol–water partition coefficient (Wildman–Crippen LogP) is 3.92. The summed E-state index contributed by atoms with van der Waals surface area (Å²) >= 11 is 0. The number of carbonyl (C=O) groups is 1. The maximum Gasteiger partial charge on any atom is 0.229 e. The summed E-state index contributed by atoms with van der Waals surface area (Å²) in [7, 11) is 0. The number of rotatable bonds is 5. The largest absolute Gasteiger partial charge is 0.486 e. The Balaban J connectivity index is 1.36. The molecule has 0 unspecified atom stereocenters. The van der Waals surface area contributed by atoms with E-state index in [1.165, 1.54) is 12.1 Å². The molecule has 2 heterocycles. The summed E-state index contributed by atoms with van der Waals surface area (Å²) in [5, 5.41) is 5.93. The Morgan fingerprint density at radius 1 is 1.00 bits per heavy atom. The predicted molar refractivity (Wildman–Crippen MR) is 104 cm³/mol. The number of anilines is 3. The smallest absolute Gasteiger partial charge is 0.229 e. The van der Waals surface area contributed by atoms with Gasteiger partial charge in [0.15, 0.2) is 11.5 Å². The Kier molecular flexibility index (Phi) is 5.05. The number of ether oxygens (including phenoxy) is 2. The lowest BCUT2D eigenvalue weighted by molar-refractivity contribution is -0.115. The van der Waals surface area contributed by atoms with E-state index in [4.69, 9.17) is 9.47 Å². The van der Waals surface area contributed by atoms with Crippen molar-refractivity contribution in [2.24, 2.45) is 0 Å². The average Bonchev–Trinajstić information content (AvgIpc) is 2.69. The monoisotopic (exact) mass is 379 g/mol. The molecule has 0 atom stereocenters. The zero-order chi connectivity index (χ0) is 19.3. The second kappa shape index (κ2) is 7.96. The van der Waals surface area contributed by atoms with Gasteiger partial charge >= 0.3 is 0 Å². The Bertz CT molecular complexity index is 992. The van der Waals surface area contributed by atoms with E-state index in [9.17, 15) is 9.18 Å². The van der Waals surface area contributed by atoms with E-state index in [0.29, 0.717) is 30.3 Å². The van der Waals surface area contributed by atoms with Gasteiger partial charge in [-0.1, -0.05) is 12.1 Å². The molecule has 4 rings (SSSR count). The normalized spacial score (nSPS) is 12.3. The van der Waals surface area contributed by atoms with Gasteiger partial charge in [0.25, 0.3) is 0 Å². The first-order valence-electron chi connectivity index (χ1n) is 8.83. The molecule has 6 nitrogen and oxygen atoms in total. The molecule has 0 fully saturated rings. The highest BCUT2D eigenvalue weighted by Crippen LogP contribution is 2.33. The standard InChI is InChI=1S/C21H18FN3O3/c22-15-3-1-2-14(10-15)11-21(26)25-20-7-5-17(13-23-20)24-16-4-6-18-19(12-16)28-9-8-27-18/h1-7,10,12-13,24H,8-9,11H2,(H,23,25,26). The maximum absolute atomic E-state index is 13.2. The van der Waals surface area contributed by atoms with Crippen LogP contribution < -0.4 is 20.1 Å². The van der Waals surface area contributed by atoms with E-state index in [-0.39, 0.29) is 18.1 Å². The van der Waals surface area contributed by atoms with Crippen molar-refractivity contribution in [3.05, 3.63) is 72.2 Å². The van der Waals surface area contributed by atoms with Gasteiger partial charge in [-0.05, 0) is 42.0 Å². The van der Waals surface area contributed by atoms with Crippen LogP contribution in [0.4, 0.5) is 21.6 Å². The second-order valence-corrected chi connectivity index (χ2v) is 6.27. The molecular weight excluding hydrogens is 361 g/mol. The fourth-order valence-corrected chi connectivity index (χ4v) is 2.85. The number of amides is 1. The maximum atomic E-state index is 13.2. The minimum Gasteiger partial charge on any atom is -0.486 e. The summed E-state index contributed by atoms with van der Waals surface area (Å²) in [4.78, 5) is 16.3. The van der Waals surface area contributed by atoms with Crippen molar-refractivity contribution in [2.75, 3.05) is 23.8 Å². The molecule has 1 aliphatic rings. The fourth-order valence-electron chi connectivity index (χ4n) is 2.85. The summed E-state index contributed by atoms with van der Waals surface area (Å²) in [5.74, 6) is 1.23. The van der Waals surface area contributed by atoms with E-state index in [2.05, 4.69) is 15.6 Å². The van der Waals surface area contributed by atoms with Crippen LogP contribution >= 0.6 is 0 Å². The van der Waals surface area contributed by atoms with E-state index in [0.717, 1.165) is 17.1 Å². The third-order valence-corrected chi connectivity index (χ3v) is 4.12. The quantitative estimate of drug-likeness (QED) is 0.703. The van der Waals surface area contributed by atoms with Crippen molar-refractivity contribution >= 4 is 23.1 Å². The first kappa shape index (κ1) is 17.8. The van der Waals surface area contributed by atoms with Crippen LogP contribution in [0.5, 0.6) is 11.5 Å². The average molecular weight is 379 g/mol. The molecule has 2 N–H and O–H groups in total. The number of benzene rings is 2. The first-order chi connectivity index (χ1) is 13.7. The van der Waals surface area contributed by atoms with Gasteiger partial charge in [0.05, 0.1) is 18.3 Å². The van der Waals surface area contributed by atoms with Crippen molar-refractivity contribution in [1.29, 1.82) is 0 Å². The lowest BCUT2D eigenvalue weighted by Crippen LogP contribution is -2.15. The lowest BCUT2D eigenvalue weighted by Gasteiger charge is -2.19. The van der Waals surface area contributed by atoms with Crippen molar-refractivity contribution < 1.29 is 18.7 Å². The van der Waals surface area contributed by atoms with Gasteiger partial charge in [-0.2, -0.15) is 0 Å². The third-order valence-electron chi connectivity index (χ3n) is 4.12. The molecule has 3 aromatic rings. The first-order valence-corrected chi connectivity index (χ1v) is 8.83. The molecule has 1 aromatic heterocycles. The van der Waals surface area contributed by atoms with Crippen LogP contribution in [0.25, 0.3) is 0 Å². The molecule has 1 amide bonds. The van der Waals surface area contributed by atoms with Gasteiger partial charge < -0.3 is 20.1 Å². The van der Waals surface area contributed by atoms with E-state index >= 15 is 0 Å². The van der Waals surface area contributed by atoms with E-state index in [1.807, 2.05) is 24.3 Å². The van der Waals surface area contributed by atoms with Gasteiger partial charge in [0.1, 0.15) is 24.8 Å². The Hall–Kier alpha value is -3.61. The molecule has 0 saturated heterocycles. The zero-order valence-electron chi connectivity index (χ0n) is 14.9. The second-order valence-electron chi connectivity index (χ2n) is 6.27. The van der Waals surface area contributed by atoms with Crippen LogP contribution in [-0.4, -0.2) is 24.1 Å². The Morgan fingerprint density at radius 3 is 2.61 bits per heavy atom. The topological polar surface area (TPSA) is 72.5 Å². The summed E-state index contributed by atoms with van der Waals surface area (Å²) < 4.78 is 24.3. The number of halogens is 1. The van der Waals surface area contributed by atoms with Gasteiger partial charge in [0.2, 0.25) is 5.91 Å². The SMILES string of the molecule is O=C(Cc1cccc(F)c1)Nc1ccc(Nc2ccc3c(c2)OCCO3)cn1. The molecule has 0 bridgehead atoms. The molecule has 0 saturated carbocycles.